The molecule has 0 aromatic carbocycles. The molecule has 2 rings (SSSR count). The minimum atomic E-state index is 0.0388. The molecule has 0 radical (unpaired) electrons. The molecule has 84 valence electrons. The van der Waals surface area contributed by atoms with Crippen LogP contribution in [0.4, 0.5) is 0 Å². The summed E-state index contributed by atoms with van der Waals surface area (Å²) in [7, 11) is 0. The predicted octanol–water partition coefficient (Wildman–Crippen LogP) is 0.221. The molecule has 5 nitrogen and oxygen atoms in total. The Morgan fingerprint density at radius 3 is 2.80 bits per heavy atom. The van der Waals surface area contributed by atoms with Crippen LogP contribution in [0.2, 0.25) is 0 Å². The van der Waals surface area contributed by atoms with E-state index in [0.717, 1.165) is 38.4 Å². The van der Waals surface area contributed by atoms with Crippen molar-refractivity contribution in [3.63, 3.8) is 0 Å². The molecule has 1 aliphatic rings. The van der Waals surface area contributed by atoms with Crippen molar-refractivity contribution in [2.24, 2.45) is 5.73 Å². The molecule has 0 aliphatic carbocycles. The smallest absolute Gasteiger partial charge is 0.140 e. The molecule has 5 heteroatoms. The Morgan fingerprint density at radius 1 is 1.47 bits per heavy atom. The van der Waals surface area contributed by atoms with Crippen LogP contribution in [-0.4, -0.2) is 38.3 Å². The van der Waals surface area contributed by atoms with Crippen LogP contribution in [0.3, 0.4) is 0 Å². The summed E-state index contributed by atoms with van der Waals surface area (Å²) in [5, 5.41) is 4.15. The molecule has 2 heterocycles. The van der Waals surface area contributed by atoms with E-state index in [4.69, 9.17) is 5.73 Å². The molecule has 0 amide bonds. The first-order chi connectivity index (χ1) is 7.17. The molecule has 0 spiro atoms. The molecule has 0 unspecified atom stereocenters. The number of aryl methyl sites for hydroxylation is 1. The van der Waals surface area contributed by atoms with Gasteiger partial charge in [-0.15, -0.1) is 0 Å². The molecular weight excluding hydrogens is 190 g/mol. The molecule has 0 bridgehead atoms. The average molecular weight is 209 g/mol. The maximum Gasteiger partial charge on any atom is 0.140 e. The molecule has 1 aliphatic heterocycles. The molecular formula is C10H19N5. The largest absolute Gasteiger partial charge is 0.323 e. The topological polar surface area (TPSA) is 60.0 Å². The highest BCUT2D eigenvalue weighted by Crippen LogP contribution is 2.22. The molecule has 1 aromatic rings. The van der Waals surface area contributed by atoms with Gasteiger partial charge in [-0.3, -0.25) is 4.90 Å². The molecule has 0 atom stereocenters. The summed E-state index contributed by atoms with van der Waals surface area (Å²) in [5.74, 6) is 1.04. The van der Waals surface area contributed by atoms with Gasteiger partial charge >= 0.3 is 0 Å². The lowest BCUT2D eigenvalue weighted by molar-refractivity contribution is 0.0570. The van der Waals surface area contributed by atoms with Gasteiger partial charge in [-0.2, -0.15) is 5.10 Å². The fourth-order valence-corrected chi connectivity index (χ4v) is 2.05. The van der Waals surface area contributed by atoms with E-state index in [1.165, 1.54) is 0 Å². The van der Waals surface area contributed by atoms with Gasteiger partial charge in [0.25, 0.3) is 0 Å². The van der Waals surface area contributed by atoms with Gasteiger partial charge in [0.1, 0.15) is 12.2 Å². The first-order valence-electron chi connectivity index (χ1n) is 5.55. The monoisotopic (exact) mass is 209 g/mol. The summed E-state index contributed by atoms with van der Waals surface area (Å²) < 4.78 is 1.93. The van der Waals surface area contributed by atoms with Crippen LogP contribution in [0, 0.1) is 0 Å². The molecule has 1 saturated heterocycles. The van der Waals surface area contributed by atoms with Gasteiger partial charge < -0.3 is 5.73 Å². The van der Waals surface area contributed by atoms with E-state index in [-0.39, 0.29) is 5.54 Å². The number of hydrogen-bond donors (Lipinski definition) is 1. The second-order valence-electron chi connectivity index (χ2n) is 4.35. The number of nitrogens with zero attached hydrogens (tertiary/aromatic N) is 4. The Labute approximate surface area is 90.3 Å². The van der Waals surface area contributed by atoms with Crippen LogP contribution in [0.5, 0.6) is 0 Å². The van der Waals surface area contributed by atoms with E-state index in [9.17, 15) is 0 Å². The SMILES string of the molecule is CCn1ncnc1CN1CC(N)(CC)C1. The quantitative estimate of drug-likeness (QED) is 0.770. The zero-order valence-electron chi connectivity index (χ0n) is 9.48. The molecule has 1 fully saturated rings. The minimum absolute atomic E-state index is 0.0388. The van der Waals surface area contributed by atoms with Gasteiger partial charge in [-0.1, -0.05) is 6.92 Å². The summed E-state index contributed by atoms with van der Waals surface area (Å²) in [6, 6.07) is 0. The fourth-order valence-electron chi connectivity index (χ4n) is 2.05. The van der Waals surface area contributed by atoms with E-state index < -0.39 is 0 Å². The van der Waals surface area contributed by atoms with Crippen LogP contribution in [-0.2, 0) is 13.1 Å². The number of hydrogen-bond acceptors (Lipinski definition) is 4. The van der Waals surface area contributed by atoms with E-state index in [1.807, 2.05) is 4.68 Å². The minimum Gasteiger partial charge on any atom is -0.323 e. The zero-order chi connectivity index (χ0) is 10.9. The van der Waals surface area contributed by atoms with Crippen LogP contribution < -0.4 is 5.73 Å². The Balaban J connectivity index is 1.90. The van der Waals surface area contributed by atoms with Crippen molar-refractivity contribution in [2.45, 2.75) is 38.9 Å². The van der Waals surface area contributed by atoms with Gasteiger partial charge in [0.2, 0.25) is 0 Å². The van der Waals surface area contributed by atoms with Gasteiger partial charge in [0, 0.05) is 25.2 Å². The molecule has 2 N–H and O–H groups in total. The number of aromatic nitrogens is 3. The van der Waals surface area contributed by atoms with E-state index in [0.29, 0.717) is 0 Å². The van der Waals surface area contributed by atoms with Gasteiger partial charge in [-0.05, 0) is 13.3 Å². The Hall–Kier alpha value is -0.940. The van der Waals surface area contributed by atoms with Gasteiger partial charge in [0.05, 0.1) is 6.54 Å². The first kappa shape index (κ1) is 10.6. The van der Waals surface area contributed by atoms with Gasteiger partial charge in [-0.25, -0.2) is 9.67 Å². The Bertz CT molecular complexity index is 326. The normalized spacial score (nSPS) is 20.2. The summed E-state index contributed by atoms with van der Waals surface area (Å²) in [4.78, 5) is 6.57. The highest BCUT2D eigenvalue weighted by Gasteiger charge is 2.37. The van der Waals surface area contributed by atoms with E-state index in [1.54, 1.807) is 6.33 Å². The molecule has 15 heavy (non-hydrogen) atoms. The number of nitrogens with two attached hydrogens (primary N) is 1. The summed E-state index contributed by atoms with van der Waals surface area (Å²) in [6.45, 7) is 7.91. The fraction of sp³-hybridized carbons (Fsp3) is 0.800. The Kier molecular flexibility index (Phi) is 2.75. The second kappa shape index (κ2) is 3.90. The Morgan fingerprint density at radius 2 is 2.20 bits per heavy atom. The van der Waals surface area contributed by atoms with E-state index in [2.05, 4.69) is 28.8 Å². The lowest BCUT2D eigenvalue weighted by Gasteiger charge is -2.47. The lowest BCUT2D eigenvalue weighted by Crippen LogP contribution is -2.66. The van der Waals surface area contributed by atoms with Gasteiger partial charge in [0.15, 0.2) is 0 Å². The third-order valence-electron chi connectivity index (χ3n) is 3.14. The van der Waals surface area contributed by atoms with Crippen LogP contribution in [0.1, 0.15) is 26.1 Å². The van der Waals surface area contributed by atoms with Crippen molar-refractivity contribution in [2.75, 3.05) is 13.1 Å². The molecule has 1 aromatic heterocycles. The van der Waals surface area contributed by atoms with Crippen LogP contribution in [0.25, 0.3) is 0 Å². The van der Waals surface area contributed by atoms with E-state index >= 15 is 0 Å². The van der Waals surface area contributed by atoms with Crippen LogP contribution in [0.15, 0.2) is 6.33 Å². The van der Waals surface area contributed by atoms with Crippen molar-refractivity contribution >= 4 is 0 Å². The van der Waals surface area contributed by atoms with Crippen molar-refractivity contribution < 1.29 is 0 Å². The third kappa shape index (κ3) is 2.03. The lowest BCUT2D eigenvalue weighted by atomic mass is 9.88. The predicted molar refractivity (Wildman–Crippen MR) is 58.2 cm³/mol. The van der Waals surface area contributed by atoms with Crippen molar-refractivity contribution in [3.05, 3.63) is 12.2 Å². The maximum atomic E-state index is 6.11. The maximum absolute atomic E-state index is 6.11. The highest BCUT2D eigenvalue weighted by molar-refractivity contribution is 5.00. The summed E-state index contributed by atoms with van der Waals surface area (Å²) >= 11 is 0. The third-order valence-corrected chi connectivity index (χ3v) is 3.14. The summed E-state index contributed by atoms with van der Waals surface area (Å²) in [6.07, 6.45) is 2.66. The number of likely N-dealkylation sites (tertiary alicyclic amines) is 1. The first-order valence-corrected chi connectivity index (χ1v) is 5.55. The zero-order valence-corrected chi connectivity index (χ0v) is 9.48. The average Bonchev–Trinajstić information content (AvgIpc) is 2.62. The van der Waals surface area contributed by atoms with Crippen molar-refractivity contribution in [1.29, 1.82) is 0 Å². The van der Waals surface area contributed by atoms with Crippen molar-refractivity contribution in [1.82, 2.24) is 19.7 Å². The molecule has 0 saturated carbocycles. The highest BCUT2D eigenvalue weighted by atomic mass is 15.4. The van der Waals surface area contributed by atoms with Crippen molar-refractivity contribution in [3.8, 4) is 0 Å². The second-order valence-corrected chi connectivity index (χ2v) is 4.35. The number of rotatable bonds is 4. The standard InChI is InChI=1S/C10H19N5/c1-3-10(11)6-14(7-10)5-9-12-8-13-15(9)4-2/h8H,3-7,11H2,1-2H3. The summed E-state index contributed by atoms with van der Waals surface area (Å²) in [5.41, 5.74) is 6.15. The van der Waals surface area contributed by atoms with Crippen LogP contribution >= 0.6 is 0 Å².